The quantitative estimate of drug-likeness (QED) is 0.768. The maximum absolute atomic E-state index is 5.38. The molecule has 7 heteroatoms. The number of nitrogens with zero attached hydrogens (tertiary/aromatic N) is 4. The lowest BCUT2D eigenvalue weighted by atomic mass is 10.1. The van der Waals surface area contributed by atoms with Crippen LogP contribution in [-0.4, -0.2) is 38.4 Å². The van der Waals surface area contributed by atoms with Crippen molar-refractivity contribution >= 4 is 16.7 Å². The van der Waals surface area contributed by atoms with Crippen molar-refractivity contribution in [2.45, 2.75) is 25.8 Å². The van der Waals surface area contributed by atoms with Gasteiger partial charge >= 0.3 is 0 Å². The highest BCUT2D eigenvalue weighted by atomic mass is 16.5. The maximum atomic E-state index is 5.38. The minimum atomic E-state index is 0.308. The van der Waals surface area contributed by atoms with Crippen molar-refractivity contribution in [1.29, 1.82) is 0 Å². The monoisotopic (exact) mass is 310 g/mol. The van der Waals surface area contributed by atoms with Crippen molar-refractivity contribution in [1.82, 2.24) is 25.1 Å². The Morgan fingerprint density at radius 3 is 3.17 bits per heavy atom. The van der Waals surface area contributed by atoms with E-state index in [4.69, 9.17) is 4.74 Å². The zero-order valence-corrected chi connectivity index (χ0v) is 12.9. The number of aromatic nitrogens is 5. The molecular formula is C16H18N6O. The Bertz CT molecular complexity index is 824. The fourth-order valence-electron chi connectivity index (χ4n) is 2.79. The number of hydrogen-bond acceptors (Lipinski definition) is 6. The number of benzene rings is 1. The molecule has 1 fully saturated rings. The predicted molar refractivity (Wildman–Crippen MR) is 86.2 cm³/mol. The van der Waals surface area contributed by atoms with Gasteiger partial charge in [0.25, 0.3) is 0 Å². The van der Waals surface area contributed by atoms with Crippen molar-refractivity contribution in [2.24, 2.45) is 0 Å². The van der Waals surface area contributed by atoms with Crippen LogP contribution in [0.1, 0.15) is 29.6 Å². The summed E-state index contributed by atoms with van der Waals surface area (Å²) >= 11 is 0. The Morgan fingerprint density at radius 1 is 1.35 bits per heavy atom. The fourth-order valence-corrected chi connectivity index (χ4v) is 2.79. The first-order valence-electron chi connectivity index (χ1n) is 7.74. The molecule has 23 heavy (non-hydrogen) atoms. The highest BCUT2D eigenvalue weighted by Crippen LogP contribution is 2.23. The van der Waals surface area contributed by atoms with Crippen LogP contribution in [0.25, 0.3) is 10.9 Å². The van der Waals surface area contributed by atoms with Gasteiger partial charge in [0.15, 0.2) is 5.82 Å². The van der Waals surface area contributed by atoms with Gasteiger partial charge in [-0.1, -0.05) is 11.6 Å². The van der Waals surface area contributed by atoms with Crippen LogP contribution in [0, 0.1) is 6.92 Å². The molecular weight excluding hydrogens is 292 g/mol. The first-order chi connectivity index (χ1) is 11.3. The number of anilines is 1. The molecule has 0 bridgehead atoms. The Balaban J connectivity index is 1.52. The summed E-state index contributed by atoms with van der Waals surface area (Å²) in [6.07, 6.45) is 2.56. The van der Waals surface area contributed by atoms with E-state index in [1.54, 1.807) is 6.33 Å². The summed E-state index contributed by atoms with van der Waals surface area (Å²) in [5.74, 6) is 2.75. The second kappa shape index (κ2) is 5.92. The molecule has 3 heterocycles. The Hall–Kier alpha value is -2.54. The molecule has 7 nitrogen and oxygen atoms in total. The number of nitrogens with one attached hydrogen (secondary N) is 2. The average Bonchev–Trinajstić information content (AvgIpc) is 3.24. The Kier molecular flexibility index (Phi) is 3.63. The van der Waals surface area contributed by atoms with Gasteiger partial charge in [-0.15, -0.1) is 0 Å². The molecule has 1 atom stereocenters. The van der Waals surface area contributed by atoms with Crippen molar-refractivity contribution in [3.8, 4) is 0 Å². The van der Waals surface area contributed by atoms with E-state index in [1.807, 2.05) is 12.1 Å². The van der Waals surface area contributed by atoms with E-state index in [0.717, 1.165) is 41.4 Å². The number of ether oxygens (including phenoxy) is 1. The second-order valence-electron chi connectivity index (χ2n) is 5.80. The molecule has 118 valence electrons. The van der Waals surface area contributed by atoms with E-state index in [1.165, 1.54) is 5.56 Å². The summed E-state index contributed by atoms with van der Waals surface area (Å²) in [6, 6.07) is 6.13. The fraction of sp³-hybridized carbons (Fsp3) is 0.375. The minimum absolute atomic E-state index is 0.308. The molecule has 3 aromatic rings. The van der Waals surface area contributed by atoms with E-state index in [2.05, 4.69) is 43.5 Å². The van der Waals surface area contributed by atoms with Crippen LogP contribution >= 0.6 is 0 Å². The first-order valence-corrected chi connectivity index (χ1v) is 7.74. The molecule has 0 saturated carbocycles. The number of H-pyrrole nitrogens is 1. The van der Waals surface area contributed by atoms with Gasteiger partial charge in [-0.3, -0.25) is 5.10 Å². The summed E-state index contributed by atoms with van der Waals surface area (Å²) in [5.41, 5.74) is 2.10. The lowest BCUT2D eigenvalue weighted by molar-refractivity contribution is 0.193. The molecule has 1 aliphatic rings. The molecule has 4 rings (SSSR count). The van der Waals surface area contributed by atoms with Crippen LogP contribution in [0.4, 0.5) is 5.82 Å². The Labute approximate surface area is 133 Å². The van der Waals surface area contributed by atoms with Crippen LogP contribution in [0.2, 0.25) is 0 Å². The van der Waals surface area contributed by atoms with E-state index in [0.29, 0.717) is 19.1 Å². The number of aryl methyl sites for hydroxylation is 1. The topological polar surface area (TPSA) is 88.6 Å². The molecule has 0 aliphatic carbocycles. The number of rotatable bonds is 4. The van der Waals surface area contributed by atoms with Gasteiger partial charge in [-0.25, -0.2) is 15.0 Å². The van der Waals surface area contributed by atoms with E-state index in [-0.39, 0.29) is 0 Å². The van der Waals surface area contributed by atoms with Gasteiger partial charge in [0.1, 0.15) is 18.0 Å². The summed E-state index contributed by atoms with van der Waals surface area (Å²) < 4.78 is 5.38. The van der Waals surface area contributed by atoms with Gasteiger partial charge in [-0.05, 0) is 25.5 Å². The lowest BCUT2D eigenvalue weighted by Gasteiger charge is -2.07. The van der Waals surface area contributed by atoms with Crippen molar-refractivity contribution in [3.63, 3.8) is 0 Å². The van der Waals surface area contributed by atoms with Crippen LogP contribution in [0.5, 0.6) is 0 Å². The number of fused-ring (bicyclic) bond motifs is 1. The molecule has 1 unspecified atom stereocenters. The summed E-state index contributed by atoms with van der Waals surface area (Å²) in [7, 11) is 0. The van der Waals surface area contributed by atoms with E-state index in [9.17, 15) is 0 Å². The van der Waals surface area contributed by atoms with Crippen LogP contribution in [0.15, 0.2) is 24.5 Å². The first kappa shape index (κ1) is 14.1. The van der Waals surface area contributed by atoms with Crippen molar-refractivity contribution in [2.75, 3.05) is 18.5 Å². The van der Waals surface area contributed by atoms with Crippen LogP contribution < -0.4 is 5.32 Å². The highest BCUT2D eigenvalue weighted by Gasteiger charge is 2.21. The van der Waals surface area contributed by atoms with Crippen molar-refractivity contribution < 1.29 is 4.74 Å². The zero-order valence-electron chi connectivity index (χ0n) is 12.9. The van der Waals surface area contributed by atoms with Gasteiger partial charge in [-0.2, -0.15) is 5.10 Å². The van der Waals surface area contributed by atoms with Gasteiger partial charge in [0, 0.05) is 17.9 Å². The summed E-state index contributed by atoms with van der Waals surface area (Å²) in [6.45, 7) is 4.10. The zero-order chi connectivity index (χ0) is 15.6. The van der Waals surface area contributed by atoms with Crippen LogP contribution in [0.3, 0.4) is 0 Å². The molecule has 0 radical (unpaired) electrons. The molecule has 2 aromatic heterocycles. The number of hydrogen-bond donors (Lipinski definition) is 2. The molecule has 0 amide bonds. The normalized spacial score (nSPS) is 17.7. The molecule has 1 aromatic carbocycles. The van der Waals surface area contributed by atoms with Crippen LogP contribution in [-0.2, 0) is 11.3 Å². The largest absolute Gasteiger partial charge is 0.381 e. The molecule has 1 aliphatic heterocycles. The Morgan fingerprint density at radius 2 is 2.30 bits per heavy atom. The van der Waals surface area contributed by atoms with E-state index < -0.39 is 0 Å². The molecule has 1 saturated heterocycles. The van der Waals surface area contributed by atoms with E-state index >= 15 is 0 Å². The molecule has 2 N–H and O–H groups in total. The molecule has 0 spiro atoms. The standard InChI is InChI=1S/C16H18N6O/c1-10-2-3-13-12(6-10)16(19-9-18-13)17-7-14-20-15(22-21-14)11-4-5-23-8-11/h2-3,6,9,11H,4-5,7-8H2,1H3,(H,17,18,19)(H,20,21,22). The summed E-state index contributed by atoms with van der Waals surface area (Å²) in [5, 5.41) is 11.6. The van der Waals surface area contributed by atoms with Crippen molar-refractivity contribution in [3.05, 3.63) is 41.7 Å². The third-order valence-corrected chi connectivity index (χ3v) is 4.06. The SMILES string of the molecule is Cc1ccc2ncnc(NCc3nc(C4CCOC4)n[nH]3)c2c1. The number of aromatic amines is 1. The highest BCUT2D eigenvalue weighted by molar-refractivity contribution is 5.89. The lowest BCUT2D eigenvalue weighted by Crippen LogP contribution is -2.05. The second-order valence-corrected chi connectivity index (χ2v) is 5.80. The van der Waals surface area contributed by atoms with Gasteiger partial charge in [0.2, 0.25) is 0 Å². The summed E-state index contributed by atoms with van der Waals surface area (Å²) in [4.78, 5) is 13.2. The van der Waals surface area contributed by atoms with Gasteiger partial charge in [0.05, 0.1) is 18.7 Å². The maximum Gasteiger partial charge on any atom is 0.156 e. The van der Waals surface area contributed by atoms with Gasteiger partial charge < -0.3 is 10.1 Å². The average molecular weight is 310 g/mol. The third-order valence-electron chi connectivity index (χ3n) is 4.06. The third kappa shape index (κ3) is 2.87. The minimum Gasteiger partial charge on any atom is -0.381 e. The predicted octanol–water partition coefficient (Wildman–Crippen LogP) is 2.17. The smallest absolute Gasteiger partial charge is 0.156 e.